The maximum absolute atomic E-state index is 11.6. The maximum Gasteiger partial charge on any atom is 0.417 e. The Kier molecular flexibility index (Phi) is 2.93. The van der Waals surface area contributed by atoms with Crippen LogP contribution in [0.3, 0.4) is 0 Å². The fourth-order valence-corrected chi connectivity index (χ4v) is 1.37. The number of carbonyl (C=O) groups excluding carboxylic acids is 2. The molecule has 0 aromatic heterocycles. The van der Waals surface area contributed by atoms with Crippen molar-refractivity contribution in [2.24, 2.45) is 5.92 Å². The summed E-state index contributed by atoms with van der Waals surface area (Å²) in [7, 11) is 0. The fraction of sp³-hybridized carbons (Fsp3) is 0.600. The number of amides is 2. The van der Waals surface area contributed by atoms with Crippen LogP contribution in [0.2, 0.25) is 0 Å². The first-order chi connectivity index (χ1) is 6.45. The minimum absolute atomic E-state index is 0.160. The molecule has 0 N–H and O–H groups in total. The summed E-state index contributed by atoms with van der Waals surface area (Å²) < 4.78 is 4.84. The molecule has 1 saturated heterocycles. The molecule has 0 aromatic rings. The van der Waals surface area contributed by atoms with Gasteiger partial charge in [-0.1, -0.05) is 20.4 Å². The molecule has 0 unspecified atom stereocenters. The number of ether oxygens (including phenoxy) is 1. The quantitative estimate of drug-likeness (QED) is 0.631. The van der Waals surface area contributed by atoms with Gasteiger partial charge in [0.05, 0.1) is 6.04 Å². The Bertz CT molecular complexity index is 283. The van der Waals surface area contributed by atoms with Gasteiger partial charge in [-0.25, -0.2) is 9.69 Å². The topological polar surface area (TPSA) is 46.6 Å². The Labute approximate surface area is 83.5 Å². The van der Waals surface area contributed by atoms with E-state index in [2.05, 4.69) is 6.58 Å². The normalized spacial score (nSPS) is 21.3. The number of nitrogens with zero attached hydrogens (tertiary/aromatic N) is 1. The third-order valence-electron chi connectivity index (χ3n) is 2.26. The van der Waals surface area contributed by atoms with Gasteiger partial charge in [0, 0.05) is 5.57 Å². The predicted octanol–water partition coefficient (Wildman–Crippen LogP) is 1.57. The van der Waals surface area contributed by atoms with Crippen molar-refractivity contribution in [1.82, 2.24) is 4.90 Å². The van der Waals surface area contributed by atoms with Gasteiger partial charge < -0.3 is 4.74 Å². The third kappa shape index (κ3) is 1.78. The largest absolute Gasteiger partial charge is 0.447 e. The monoisotopic (exact) mass is 197 g/mol. The number of carbonyl (C=O) groups is 2. The molecule has 1 rings (SSSR count). The number of imide groups is 1. The minimum Gasteiger partial charge on any atom is -0.447 e. The van der Waals surface area contributed by atoms with Gasteiger partial charge in [0.2, 0.25) is 0 Å². The average molecular weight is 197 g/mol. The molecule has 1 fully saturated rings. The molecule has 1 aliphatic rings. The smallest absolute Gasteiger partial charge is 0.417 e. The van der Waals surface area contributed by atoms with E-state index in [0.717, 1.165) is 4.90 Å². The highest BCUT2D eigenvalue weighted by Crippen LogP contribution is 2.20. The highest BCUT2D eigenvalue weighted by molar-refractivity contribution is 6.02. The summed E-state index contributed by atoms with van der Waals surface area (Å²) in [5, 5.41) is 0. The van der Waals surface area contributed by atoms with E-state index in [4.69, 9.17) is 4.74 Å². The van der Waals surface area contributed by atoms with Gasteiger partial charge >= 0.3 is 6.09 Å². The highest BCUT2D eigenvalue weighted by atomic mass is 16.6. The molecule has 1 heterocycles. The minimum atomic E-state index is -0.559. The van der Waals surface area contributed by atoms with Gasteiger partial charge in [-0.3, -0.25) is 4.79 Å². The summed E-state index contributed by atoms with van der Waals surface area (Å²) in [6.07, 6.45) is -0.559. The van der Waals surface area contributed by atoms with E-state index in [-0.39, 0.29) is 24.5 Å². The first kappa shape index (κ1) is 10.8. The molecule has 2 amide bonds. The lowest BCUT2D eigenvalue weighted by molar-refractivity contribution is -0.125. The molecule has 14 heavy (non-hydrogen) atoms. The van der Waals surface area contributed by atoms with Gasteiger partial charge in [0.25, 0.3) is 5.91 Å². The van der Waals surface area contributed by atoms with Gasteiger partial charge in [0.15, 0.2) is 0 Å². The third-order valence-corrected chi connectivity index (χ3v) is 2.26. The standard InChI is InChI=1S/C10H15NO3/c1-6(2)8-5-14-10(13)11(8)9(12)7(3)4/h6,8H,3,5H2,1-2,4H3/t8-/m0/s1. The van der Waals surface area contributed by atoms with Crippen LogP contribution >= 0.6 is 0 Å². The van der Waals surface area contributed by atoms with Crippen LogP contribution in [-0.2, 0) is 9.53 Å². The average Bonchev–Trinajstić information content (AvgIpc) is 2.45. The second-order valence-corrected chi connectivity index (χ2v) is 3.84. The van der Waals surface area contributed by atoms with Crippen LogP contribution in [0.5, 0.6) is 0 Å². The molecular weight excluding hydrogens is 182 g/mol. The van der Waals surface area contributed by atoms with Crippen molar-refractivity contribution < 1.29 is 14.3 Å². The zero-order valence-electron chi connectivity index (χ0n) is 8.74. The second kappa shape index (κ2) is 3.82. The SMILES string of the molecule is C=C(C)C(=O)N1C(=O)OC[C@H]1C(C)C. The van der Waals surface area contributed by atoms with Crippen molar-refractivity contribution >= 4 is 12.0 Å². The summed E-state index contributed by atoms with van der Waals surface area (Å²) in [5.74, 6) is -0.143. The number of cyclic esters (lactones) is 1. The van der Waals surface area contributed by atoms with Crippen molar-refractivity contribution in [2.45, 2.75) is 26.8 Å². The zero-order chi connectivity index (χ0) is 10.9. The Hall–Kier alpha value is -1.32. The lowest BCUT2D eigenvalue weighted by Crippen LogP contribution is -2.42. The molecule has 0 radical (unpaired) electrons. The molecular formula is C10H15NO3. The van der Waals surface area contributed by atoms with Crippen molar-refractivity contribution in [1.29, 1.82) is 0 Å². The second-order valence-electron chi connectivity index (χ2n) is 3.84. The molecule has 78 valence electrons. The van der Waals surface area contributed by atoms with Crippen LogP contribution < -0.4 is 0 Å². The van der Waals surface area contributed by atoms with Crippen molar-refractivity contribution in [2.75, 3.05) is 6.61 Å². The summed E-state index contributed by atoms with van der Waals surface area (Å²) in [6, 6.07) is -0.160. The van der Waals surface area contributed by atoms with Gasteiger partial charge in [-0.2, -0.15) is 0 Å². The number of hydrogen-bond acceptors (Lipinski definition) is 3. The Balaban J connectivity index is 2.87. The fourth-order valence-electron chi connectivity index (χ4n) is 1.37. The van der Waals surface area contributed by atoms with Crippen LogP contribution in [0, 0.1) is 5.92 Å². The summed E-state index contributed by atoms with van der Waals surface area (Å²) in [4.78, 5) is 24.0. The molecule has 4 heteroatoms. The highest BCUT2D eigenvalue weighted by Gasteiger charge is 2.39. The van der Waals surface area contributed by atoms with Crippen LogP contribution in [0.15, 0.2) is 12.2 Å². The van der Waals surface area contributed by atoms with E-state index in [1.807, 2.05) is 13.8 Å². The van der Waals surface area contributed by atoms with Gasteiger partial charge in [0.1, 0.15) is 6.61 Å². The van der Waals surface area contributed by atoms with Crippen LogP contribution in [-0.4, -0.2) is 29.5 Å². The van der Waals surface area contributed by atoms with Crippen molar-refractivity contribution in [3.05, 3.63) is 12.2 Å². The summed E-state index contributed by atoms with van der Waals surface area (Å²) in [6.45, 7) is 9.30. The van der Waals surface area contributed by atoms with E-state index in [1.165, 1.54) is 0 Å². The molecule has 4 nitrogen and oxygen atoms in total. The molecule has 0 aromatic carbocycles. The molecule has 0 bridgehead atoms. The first-order valence-electron chi connectivity index (χ1n) is 4.61. The van der Waals surface area contributed by atoms with Crippen LogP contribution in [0.1, 0.15) is 20.8 Å². The van der Waals surface area contributed by atoms with E-state index in [1.54, 1.807) is 6.92 Å². The van der Waals surface area contributed by atoms with Crippen molar-refractivity contribution in [3.8, 4) is 0 Å². The Morgan fingerprint density at radius 3 is 2.64 bits per heavy atom. The molecule has 1 atom stereocenters. The Morgan fingerprint density at radius 1 is 1.64 bits per heavy atom. The lowest BCUT2D eigenvalue weighted by Gasteiger charge is -2.22. The van der Waals surface area contributed by atoms with E-state index < -0.39 is 6.09 Å². The van der Waals surface area contributed by atoms with Crippen LogP contribution in [0.4, 0.5) is 4.79 Å². The summed E-state index contributed by atoms with van der Waals surface area (Å²) >= 11 is 0. The lowest BCUT2D eigenvalue weighted by atomic mass is 10.0. The molecule has 0 aliphatic carbocycles. The van der Waals surface area contributed by atoms with E-state index >= 15 is 0 Å². The number of rotatable bonds is 2. The molecule has 0 saturated carbocycles. The first-order valence-corrected chi connectivity index (χ1v) is 4.61. The van der Waals surface area contributed by atoms with Crippen molar-refractivity contribution in [3.63, 3.8) is 0 Å². The molecule has 0 spiro atoms. The van der Waals surface area contributed by atoms with Crippen LogP contribution in [0.25, 0.3) is 0 Å². The van der Waals surface area contributed by atoms with E-state index in [0.29, 0.717) is 5.57 Å². The Morgan fingerprint density at radius 2 is 2.21 bits per heavy atom. The zero-order valence-corrected chi connectivity index (χ0v) is 8.74. The number of hydrogen-bond donors (Lipinski definition) is 0. The maximum atomic E-state index is 11.6. The summed E-state index contributed by atoms with van der Waals surface area (Å²) in [5.41, 5.74) is 0.356. The van der Waals surface area contributed by atoms with Gasteiger partial charge in [-0.15, -0.1) is 0 Å². The van der Waals surface area contributed by atoms with Gasteiger partial charge in [-0.05, 0) is 12.8 Å². The van der Waals surface area contributed by atoms with E-state index in [9.17, 15) is 9.59 Å². The predicted molar refractivity (Wildman–Crippen MR) is 51.6 cm³/mol. The molecule has 1 aliphatic heterocycles.